The van der Waals surface area contributed by atoms with E-state index in [0.717, 1.165) is 18.9 Å². The molecular formula is C20H32O2. The fourth-order valence-electron chi connectivity index (χ4n) is 6.95. The summed E-state index contributed by atoms with van der Waals surface area (Å²) in [5.74, 6) is 1.45. The number of fused-ring (bicyclic) bond motifs is 2. The molecule has 1 spiro atoms. The molecule has 2 heteroatoms. The molecule has 2 aliphatic carbocycles. The Balaban J connectivity index is 1.73. The van der Waals surface area contributed by atoms with E-state index < -0.39 is 0 Å². The van der Waals surface area contributed by atoms with Gasteiger partial charge in [0.25, 0.3) is 0 Å². The van der Waals surface area contributed by atoms with E-state index in [1.807, 2.05) is 6.08 Å². The summed E-state index contributed by atoms with van der Waals surface area (Å²) in [4.78, 5) is 0. The van der Waals surface area contributed by atoms with Crippen LogP contribution in [0.2, 0.25) is 0 Å². The smallest absolute Gasteiger partial charge is 0.0839 e. The van der Waals surface area contributed by atoms with Gasteiger partial charge in [0.1, 0.15) is 0 Å². The average molecular weight is 304 g/mol. The van der Waals surface area contributed by atoms with E-state index in [1.165, 1.54) is 32.1 Å². The maximum Gasteiger partial charge on any atom is 0.0839 e. The molecular weight excluding hydrogens is 272 g/mol. The van der Waals surface area contributed by atoms with Crippen LogP contribution in [0.5, 0.6) is 0 Å². The third kappa shape index (κ3) is 1.86. The van der Waals surface area contributed by atoms with E-state index in [1.54, 1.807) is 0 Å². The average Bonchev–Trinajstić information content (AvgIpc) is 2.76. The lowest BCUT2D eigenvalue weighted by atomic mass is 9.44. The minimum atomic E-state index is -0.141. The molecule has 0 unspecified atom stereocenters. The van der Waals surface area contributed by atoms with Crippen LogP contribution in [0.1, 0.15) is 66.2 Å². The highest BCUT2D eigenvalue weighted by molar-refractivity contribution is 5.16. The molecule has 2 heterocycles. The SMILES string of the molecule is C=C[C@@]1(C)CC[C@@H]2[C@]34CO[C@H](CC(C)(C)[C@@H]3CC[C@@]2(C)O1)C4. The molecule has 4 rings (SSSR count). The summed E-state index contributed by atoms with van der Waals surface area (Å²) in [6, 6.07) is 0. The van der Waals surface area contributed by atoms with Crippen molar-refractivity contribution < 1.29 is 9.47 Å². The Morgan fingerprint density at radius 1 is 1.00 bits per heavy atom. The molecule has 0 amide bonds. The van der Waals surface area contributed by atoms with E-state index >= 15 is 0 Å². The fraction of sp³-hybridized carbons (Fsp3) is 0.900. The zero-order chi connectivity index (χ0) is 15.8. The van der Waals surface area contributed by atoms with E-state index in [2.05, 4.69) is 34.3 Å². The Morgan fingerprint density at radius 2 is 1.73 bits per heavy atom. The molecule has 0 aromatic rings. The first-order valence-corrected chi connectivity index (χ1v) is 9.19. The van der Waals surface area contributed by atoms with Gasteiger partial charge in [-0.05, 0) is 69.6 Å². The molecule has 4 aliphatic rings. The number of rotatable bonds is 1. The summed E-state index contributed by atoms with van der Waals surface area (Å²) in [6.07, 6.45) is 9.89. The molecule has 2 aliphatic heterocycles. The molecule has 0 aromatic carbocycles. The maximum atomic E-state index is 6.70. The molecule has 2 bridgehead atoms. The van der Waals surface area contributed by atoms with Crippen LogP contribution < -0.4 is 0 Å². The first-order chi connectivity index (χ1) is 10.2. The molecule has 2 nitrogen and oxygen atoms in total. The highest BCUT2D eigenvalue weighted by atomic mass is 16.5. The van der Waals surface area contributed by atoms with Gasteiger partial charge in [-0.2, -0.15) is 0 Å². The highest BCUT2D eigenvalue weighted by Gasteiger charge is 2.67. The molecule has 2 saturated heterocycles. The van der Waals surface area contributed by atoms with Crippen LogP contribution in [-0.4, -0.2) is 23.9 Å². The van der Waals surface area contributed by atoms with Crippen LogP contribution in [0.25, 0.3) is 0 Å². The van der Waals surface area contributed by atoms with Crippen molar-refractivity contribution in [2.45, 2.75) is 83.5 Å². The minimum absolute atomic E-state index is 0.00333. The third-order valence-corrected chi connectivity index (χ3v) is 7.77. The van der Waals surface area contributed by atoms with Crippen molar-refractivity contribution in [3.8, 4) is 0 Å². The van der Waals surface area contributed by atoms with Crippen LogP contribution in [0.15, 0.2) is 12.7 Å². The Bertz CT molecular complexity index is 498. The molecule has 2 saturated carbocycles. The quantitative estimate of drug-likeness (QED) is 0.652. The van der Waals surface area contributed by atoms with Crippen molar-refractivity contribution in [3.63, 3.8) is 0 Å². The predicted molar refractivity (Wildman–Crippen MR) is 88.7 cm³/mol. The zero-order valence-electron chi connectivity index (χ0n) is 14.8. The van der Waals surface area contributed by atoms with Crippen molar-refractivity contribution in [1.29, 1.82) is 0 Å². The van der Waals surface area contributed by atoms with Crippen molar-refractivity contribution >= 4 is 0 Å². The van der Waals surface area contributed by atoms with Crippen LogP contribution in [0.4, 0.5) is 0 Å². The lowest BCUT2D eigenvalue weighted by Gasteiger charge is -2.64. The second-order valence-corrected chi connectivity index (χ2v) is 9.68. The van der Waals surface area contributed by atoms with Crippen molar-refractivity contribution in [3.05, 3.63) is 12.7 Å². The van der Waals surface area contributed by atoms with Crippen molar-refractivity contribution in [2.24, 2.45) is 22.7 Å². The molecule has 0 radical (unpaired) electrons. The summed E-state index contributed by atoms with van der Waals surface area (Å²) >= 11 is 0. The molecule has 124 valence electrons. The lowest BCUT2D eigenvalue weighted by molar-refractivity contribution is -0.250. The minimum Gasteiger partial charge on any atom is -0.378 e. The standard InChI is InChI=1S/C20H32O2/c1-6-18(4)9-7-16-19(5,22-18)10-8-15-17(2,3)11-14-12-20(15,16)13-21-14/h6,14-16H,1,7-13H2,2-5H3/t14-,15+,16+,18+,19-,20-/m1/s1. The highest BCUT2D eigenvalue weighted by Crippen LogP contribution is 2.68. The number of ether oxygens (including phenoxy) is 2. The third-order valence-electron chi connectivity index (χ3n) is 7.77. The second-order valence-electron chi connectivity index (χ2n) is 9.68. The van der Waals surface area contributed by atoms with Gasteiger partial charge in [-0.15, -0.1) is 6.58 Å². The van der Waals surface area contributed by atoms with Gasteiger partial charge in [-0.25, -0.2) is 0 Å². The van der Waals surface area contributed by atoms with E-state index in [0.29, 0.717) is 22.9 Å². The molecule has 0 aromatic heterocycles. The predicted octanol–water partition coefficient (Wildman–Crippen LogP) is 4.73. The van der Waals surface area contributed by atoms with Crippen molar-refractivity contribution in [1.82, 2.24) is 0 Å². The van der Waals surface area contributed by atoms with E-state index in [-0.39, 0.29) is 11.2 Å². The second kappa shape index (κ2) is 4.39. The fourth-order valence-corrected chi connectivity index (χ4v) is 6.95. The number of hydrogen-bond acceptors (Lipinski definition) is 2. The summed E-state index contributed by atoms with van der Waals surface area (Å²) in [7, 11) is 0. The number of hydrogen-bond donors (Lipinski definition) is 0. The maximum absolute atomic E-state index is 6.70. The van der Waals surface area contributed by atoms with Gasteiger partial charge in [0.15, 0.2) is 0 Å². The summed E-state index contributed by atoms with van der Waals surface area (Å²) in [5.41, 5.74) is 0.642. The van der Waals surface area contributed by atoms with Crippen LogP contribution in [-0.2, 0) is 9.47 Å². The van der Waals surface area contributed by atoms with Gasteiger partial charge in [-0.1, -0.05) is 19.9 Å². The largest absolute Gasteiger partial charge is 0.378 e. The normalized spacial score (nSPS) is 56.1. The summed E-state index contributed by atoms with van der Waals surface area (Å²) in [5, 5.41) is 0. The Labute approximate surface area is 135 Å². The Kier molecular flexibility index (Phi) is 3.03. The first kappa shape index (κ1) is 15.2. The molecule has 4 fully saturated rings. The van der Waals surface area contributed by atoms with Gasteiger partial charge >= 0.3 is 0 Å². The first-order valence-electron chi connectivity index (χ1n) is 9.19. The van der Waals surface area contributed by atoms with Crippen LogP contribution in [0, 0.1) is 22.7 Å². The van der Waals surface area contributed by atoms with Gasteiger partial charge in [0, 0.05) is 5.41 Å². The molecule has 22 heavy (non-hydrogen) atoms. The zero-order valence-corrected chi connectivity index (χ0v) is 14.8. The van der Waals surface area contributed by atoms with Crippen molar-refractivity contribution in [2.75, 3.05) is 6.61 Å². The van der Waals surface area contributed by atoms with Gasteiger partial charge in [0.2, 0.25) is 0 Å². The van der Waals surface area contributed by atoms with Gasteiger partial charge < -0.3 is 9.47 Å². The van der Waals surface area contributed by atoms with Gasteiger partial charge in [-0.3, -0.25) is 0 Å². The molecule has 6 atom stereocenters. The van der Waals surface area contributed by atoms with E-state index in [4.69, 9.17) is 9.47 Å². The topological polar surface area (TPSA) is 18.5 Å². The lowest BCUT2D eigenvalue weighted by Crippen LogP contribution is -2.63. The van der Waals surface area contributed by atoms with Gasteiger partial charge in [0.05, 0.1) is 23.9 Å². The molecule has 0 N–H and O–H groups in total. The summed E-state index contributed by atoms with van der Waals surface area (Å²) < 4.78 is 13.0. The van der Waals surface area contributed by atoms with Crippen LogP contribution >= 0.6 is 0 Å². The summed E-state index contributed by atoms with van der Waals surface area (Å²) in [6.45, 7) is 14.5. The Hall–Kier alpha value is -0.340. The van der Waals surface area contributed by atoms with Crippen LogP contribution in [0.3, 0.4) is 0 Å². The Morgan fingerprint density at radius 3 is 2.45 bits per heavy atom. The monoisotopic (exact) mass is 304 g/mol. The van der Waals surface area contributed by atoms with E-state index in [9.17, 15) is 0 Å².